The molecule has 110 valence electrons. The predicted octanol–water partition coefficient (Wildman–Crippen LogP) is 5.36. The van der Waals surface area contributed by atoms with Crippen LogP contribution in [0.1, 0.15) is 0 Å². The number of azo groups is 1. The summed E-state index contributed by atoms with van der Waals surface area (Å²) in [6, 6.07) is 22.4. The van der Waals surface area contributed by atoms with Crippen molar-refractivity contribution in [3.05, 3.63) is 83.2 Å². The van der Waals surface area contributed by atoms with Crippen LogP contribution in [0.5, 0.6) is 0 Å². The summed E-state index contributed by atoms with van der Waals surface area (Å²) in [6.07, 6.45) is 0. The number of hydrogen-bond donors (Lipinski definition) is 0. The lowest BCUT2D eigenvalue weighted by atomic mass is 10.1. The molecular weight excluding hydrogens is 288 g/mol. The van der Waals surface area contributed by atoms with Crippen molar-refractivity contribution in [2.75, 3.05) is 0 Å². The van der Waals surface area contributed by atoms with Crippen LogP contribution in [-0.2, 0) is 0 Å². The molecule has 4 rings (SSSR count). The molecule has 23 heavy (non-hydrogen) atoms. The molecule has 4 heteroatoms. The van der Waals surface area contributed by atoms with Crippen molar-refractivity contribution in [2.45, 2.75) is 0 Å². The Morgan fingerprint density at radius 3 is 2.17 bits per heavy atom. The van der Waals surface area contributed by atoms with Crippen molar-refractivity contribution >= 4 is 33.1 Å². The van der Waals surface area contributed by atoms with Crippen LogP contribution in [0, 0.1) is 0 Å². The van der Waals surface area contributed by atoms with Gasteiger partial charge < -0.3 is 4.42 Å². The maximum atomic E-state index is 12.0. The van der Waals surface area contributed by atoms with E-state index in [1.807, 2.05) is 54.6 Å². The summed E-state index contributed by atoms with van der Waals surface area (Å²) in [6.45, 7) is 0. The summed E-state index contributed by atoms with van der Waals surface area (Å²) in [7, 11) is 0. The normalized spacial score (nSPS) is 11.5. The van der Waals surface area contributed by atoms with E-state index >= 15 is 0 Å². The van der Waals surface area contributed by atoms with Crippen LogP contribution in [0.3, 0.4) is 0 Å². The van der Waals surface area contributed by atoms with Crippen LogP contribution in [0.4, 0.5) is 11.4 Å². The molecule has 3 aromatic carbocycles. The average Bonchev–Trinajstić information content (AvgIpc) is 2.61. The molecule has 0 aliphatic heterocycles. The van der Waals surface area contributed by atoms with Crippen molar-refractivity contribution in [3.8, 4) is 0 Å². The standard InChI is InChI=1S/C19H12N2O2/c22-19-16-9-5-4-8-15(16)17-12-14(10-11-18(17)23-19)21-20-13-6-2-1-3-7-13/h1-12H. The first-order chi connectivity index (χ1) is 11.3. The van der Waals surface area contributed by atoms with Gasteiger partial charge in [-0.25, -0.2) is 4.79 Å². The molecule has 0 N–H and O–H groups in total. The van der Waals surface area contributed by atoms with Crippen LogP contribution < -0.4 is 5.63 Å². The summed E-state index contributed by atoms with van der Waals surface area (Å²) in [4.78, 5) is 12.0. The molecule has 4 aromatic rings. The van der Waals surface area contributed by atoms with E-state index in [9.17, 15) is 4.79 Å². The van der Waals surface area contributed by atoms with Gasteiger partial charge in [0, 0.05) is 5.39 Å². The fourth-order valence-electron chi connectivity index (χ4n) is 2.54. The highest BCUT2D eigenvalue weighted by Crippen LogP contribution is 2.27. The van der Waals surface area contributed by atoms with Crippen molar-refractivity contribution < 1.29 is 4.42 Å². The Hall–Kier alpha value is -3.27. The van der Waals surface area contributed by atoms with E-state index in [1.54, 1.807) is 18.2 Å². The third-order valence-corrected chi connectivity index (χ3v) is 3.64. The van der Waals surface area contributed by atoms with Crippen LogP contribution in [-0.4, -0.2) is 0 Å². The van der Waals surface area contributed by atoms with Crippen LogP contribution in [0.25, 0.3) is 21.7 Å². The Balaban J connectivity index is 1.87. The summed E-state index contributed by atoms with van der Waals surface area (Å²) in [5.74, 6) is 0. The Bertz CT molecular complexity index is 1080. The smallest absolute Gasteiger partial charge is 0.344 e. The zero-order chi connectivity index (χ0) is 15.6. The lowest BCUT2D eigenvalue weighted by Gasteiger charge is -2.02. The van der Waals surface area contributed by atoms with Gasteiger partial charge in [0.15, 0.2) is 0 Å². The van der Waals surface area contributed by atoms with E-state index < -0.39 is 0 Å². The molecule has 0 saturated heterocycles. The fraction of sp³-hybridized carbons (Fsp3) is 0. The average molecular weight is 300 g/mol. The van der Waals surface area contributed by atoms with Gasteiger partial charge in [-0.1, -0.05) is 36.4 Å². The first-order valence-electron chi connectivity index (χ1n) is 7.24. The Morgan fingerprint density at radius 1 is 0.652 bits per heavy atom. The van der Waals surface area contributed by atoms with Crippen molar-refractivity contribution in [3.63, 3.8) is 0 Å². The van der Waals surface area contributed by atoms with Gasteiger partial charge in [0.1, 0.15) is 5.58 Å². The quantitative estimate of drug-likeness (QED) is 0.284. The first kappa shape index (κ1) is 13.4. The number of hydrogen-bond acceptors (Lipinski definition) is 4. The molecule has 0 saturated carbocycles. The van der Waals surface area contributed by atoms with Crippen molar-refractivity contribution in [1.29, 1.82) is 0 Å². The lowest BCUT2D eigenvalue weighted by molar-refractivity contribution is 0.569. The van der Waals surface area contributed by atoms with Gasteiger partial charge in [-0.15, -0.1) is 0 Å². The first-order valence-corrected chi connectivity index (χ1v) is 7.24. The fourth-order valence-corrected chi connectivity index (χ4v) is 2.54. The molecule has 4 nitrogen and oxygen atoms in total. The van der Waals surface area contributed by atoms with Gasteiger partial charge in [-0.2, -0.15) is 10.2 Å². The highest BCUT2D eigenvalue weighted by Gasteiger charge is 2.07. The van der Waals surface area contributed by atoms with Crippen LogP contribution >= 0.6 is 0 Å². The predicted molar refractivity (Wildman–Crippen MR) is 90.6 cm³/mol. The molecular formula is C19H12N2O2. The maximum Gasteiger partial charge on any atom is 0.344 e. The van der Waals surface area contributed by atoms with Gasteiger partial charge in [0.25, 0.3) is 0 Å². The minimum atomic E-state index is -0.327. The van der Waals surface area contributed by atoms with E-state index in [-0.39, 0.29) is 5.63 Å². The van der Waals surface area contributed by atoms with Crippen LogP contribution in [0.15, 0.2) is 92.2 Å². The molecule has 0 amide bonds. The maximum absolute atomic E-state index is 12.0. The molecule has 1 heterocycles. The van der Waals surface area contributed by atoms with E-state index in [2.05, 4.69) is 10.2 Å². The molecule has 0 fully saturated rings. The zero-order valence-electron chi connectivity index (χ0n) is 12.1. The highest BCUT2D eigenvalue weighted by atomic mass is 16.4. The van der Waals surface area contributed by atoms with Gasteiger partial charge in [-0.05, 0) is 41.8 Å². The monoisotopic (exact) mass is 300 g/mol. The molecule has 1 aromatic heterocycles. The lowest BCUT2D eigenvalue weighted by Crippen LogP contribution is -1.99. The van der Waals surface area contributed by atoms with E-state index in [1.165, 1.54) is 0 Å². The van der Waals surface area contributed by atoms with E-state index in [4.69, 9.17) is 4.42 Å². The van der Waals surface area contributed by atoms with Gasteiger partial charge in [-0.3, -0.25) is 0 Å². The number of benzene rings is 3. The number of rotatable bonds is 2. The second-order valence-corrected chi connectivity index (χ2v) is 5.15. The Morgan fingerprint density at radius 2 is 1.35 bits per heavy atom. The molecule has 0 spiro atoms. The summed E-state index contributed by atoms with van der Waals surface area (Å²) in [5.41, 5.74) is 1.72. The third-order valence-electron chi connectivity index (χ3n) is 3.64. The molecule has 0 atom stereocenters. The number of fused-ring (bicyclic) bond motifs is 3. The summed E-state index contributed by atoms with van der Waals surface area (Å²) in [5, 5.41) is 10.7. The van der Waals surface area contributed by atoms with Crippen molar-refractivity contribution in [1.82, 2.24) is 0 Å². The molecule has 0 aliphatic carbocycles. The number of nitrogens with zero attached hydrogens (tertiary/aromatic N) is 2. The molecule has 0 unspecified atom stereocenters. The SMILES string of the molecule is O=c1oc2ccc(N=Nc3ccccc3)cc2c2ccccc12. The van der Waals surface area contributed by atoms with E-state index in [0.29, 0.717) is 16.7 Å². The topological polar surface area (TPSA) is 54.9 Å². The Labute approximate surface area is 131 Å². The van der Waals surface area contributed by atoms with Gasteiger partial charge >= 0.3 is 5.63 Å². The second-order valence-electron chi connectivity index (χ2n) is 5.15. The van der Waals surface area contributed by atoms with Crippen LogP contribution in [0.2, 0.25) is 0 Å². The van der Waals surface area contributed by atoms with Gasteiger partial charge in [0.05, 0.1) is 16.8 Å². The molecule has 0 bridgehead atoms. The second kappa shape index (κ2) is 5.50. The third kappa shape index (κ3) is 2.51. The minimum absolute atomic E-state index is 0.327. The summed E-state index contributed by atoms with van der Waals surface area (Å²) >= 11 is 0. The largest absolute Gasteiger partial charge is 0.422 e. The summed E-state index contributed by atoms with van der Waals surface area (Å²) < 4.78 is 5.36. The molecule has 0 aliphatic rings. The molecule has 0 radical (unpaired) electrons. The highest BCUT2D eigenvalue weighted by molar-refractivity contribution is 6.05. The van der Waals surface area contributed by atoms with Gasteiger partial charge in [0.2, 0.25) is 0 Å². The van der Waals surface area contributed by atoms with E-state index in [0.717, 1.165) is 16.5 Å². The zero-order valence-corrected chi connectivity index (χ0v) is 12.1. The Kier molecular flexibility index (Phi) is 3.20. The minimum Gasteiger partial charge on any atom is -0.422 e. The van der Waals surface area contributed by atoms with Crippen molar-refractivity contribution in [2.24, 2.45) is 10.2 Å².